The lowest BCUT2D eigenvalue weighted by atomic mass is 10.2. The highest BCUT2D eigenvalue weighted by atomic mass is 35.5. The molecule has 0 heterocycles. The first-order chi connectivity index (χ1) is 7.79. The van der Waals surface area contributed by atoms with Crippen molar-refractivity contribution >= 4 is 23.4 Å². The third-order valence-electron chi connectivity index (χ3n) is 2.17. The average molecular weight is 260 g/mol. The molecule has 0 saturated carbocycles. The predicted octanol–water partition coefficient (Wildman–Crippen LogP) is 3.19. The zero-order chi connectivity index (χ0) is 11.8. The highest BCUT2D eigenvalue weighted by Crippen LogP contribution is 2.28. The van der Waals surface area contributed by atoms with E-state index in [1.807, 2.05) is 12.1 Å². The molecule has 0 saturated heterocycles. The van der Waals surface area contributed by atoms with Crippen LogP contribution in [0.3, 0.4) is 0 Å². The summed E-state index contributed by atoms with van der Waals surface area (Å²) in [5.41, 5.74) is 1.19. The van der Waals surface area contributed by atoms with Crippen LogP contribution < -0.4 is 5.32 Å². The van der Waals surface area contributed by atoms with Gasteiger partial charge in [-0.15, -0.1) is 11.8 Å². The minimum absolute atomic E-state index is 0.762. The number of halogens is 1. The van der Waals surface area contributed by atoms with Crippen LogP contribution in [0.15, 0.2) is 23.1 Å². The molecule has 0 bridgehead atoms. The molecule has 1 aromatic carbocycles. The van der Waals surface area contributed by atoms with Gasteiger partial charge in [-0.05, 0) is 24.2 Å². The van der Waals surface area contributed by atoms with E-state index >= 15 is 0 Å². The molecule has 1 rings (SSSR count). The summed E-state index contributed by atoms with van der Waals surface area (Å²) in [5.74, 6) is 0.954. The van der Waals surface area contributed by atoms with Gasteiger partial charge in [-0.25, -0.2) is 0 Å². The van der Waals surface area contributed by atoms with Crippen LogP contribution in [0, 0.1) is 0 Å². The maximum Gasteiger partial charge on any atom is 0.0556 e. The zero-order valence-electron chi connectivity index (χ0n) is 9.75. The van der Waals surface area contributed by atoms with E-state index in [1.165, 1.54) is 10.5 Å². The molecule has 0 amide bonds. The molecular weight excluding hydrogens is 242 g/mol. The number of methoxy groups -OCH3 is 1. The van der Waals surface area contributed by atoms with E-state index in [-0.39, 0.29) is 0 Å². The lowest BCUT2D eigenvalue weighted by Crippen LogP contribution is -2.13. The standard InChI is InChI=1S/C12H18ClNOS/c1-3-14-9-10-11(13)5-4-6-12(10)16-8-7-15-2/h4-6,14H,3,7-9H2,1-2H3. The highest BCUT2D eigenvalue weighted by molar-refractivity contribution is 7.99. The van der Waals surface area contributed by atoms with Crippen LogP contribution >= 0.6 is 23.4 Å². The van der Waals surface area contributed by atoms with E-state index in [0.717, 1.165) is 30.5 Å². The Labute approximate surface area is 107 Å². The maximum atomic E-state index is 6.19. The van der Waals surface area contributed by atoms with Gasteiger partial charge in [0.25, 0.3) is 0 Å². The normalized spacial score (nSPS) is 10.7. The van der Waals surface area contributed by atoms with Crippen molar-refractivity contribution in [1.29, 1.82) is 0 Å². The SMILES string of the molecule is CCNCc1c(Cl)cccc1SCCOC. The summed E-state index contributed by atoms with van der Waals surface area (Å²) in [6.45, 7) is 4.63. The lowest BCUT2D eigenvalue weighted by Gasteiger charge is -2.11. The first-order valence-corrected chi connectivity index (χ1v) is 6.75. The Morgan fingerprint density at radius 2 is 2.25 bits per heavy atom. The van der Waals surface area contributed by atoms with Crippen LogP contribution in [0.2, 0.25) is 5.02 Å². The van der Waals surface area contributed by atoms with E-state index < -0.39 is 0 Å². The molecule has 0 aromatic heterocycles. The van der Waals surface area contributed by atoms with Crippen molar-refractivity contribution in [3.05, 3.63) is 28.8 Å². The molecule has 4 heteroatoms. The largest absolute Gasteiger partial charge is 0.384 e. The molecule has 0 aliphatic rings. The number of thioether (sulfide) groups is 1. The fraction of sp³-hybridized carbons (Fsp3) is 0.500. The van der Waals surface area contributed by atoms with Crippen LogP contribution in [-0.2, 0) is 11.3 Å². The first-order valence-electron chi connectivity index (χ1n) is 5.39. The molecule has 2 nitrogen and oxygen atoms in total. The van der Waals surface area contributed by atoms with Gasteiger partial charge in [0.05, 0.1) is 6.61 Å². The van der Waals surface area contributed by atoms with Gasteiger partial charge in [0, 0.05) is 29.3 Å². The van der Waals surface area contributed by atoms with Crippen molar-refractivity contribution in [2.24, 2.45) is 0 Å². The maximum absolute atomic E-state index is 6.19. The molecular formula is C12H18ClNOS. The third-order valence-corrected chi connectivity index (χ3v) is 3.59. The van der Waals surface area contributed by atoms with Gasteiger partial charge in [0.2, 0.25) is 0 Å². The Morgan fingerprint density at radius 3 is 2.94 bits per heavy atom. The Morgan fingerprint density at radius 1 is 1.44 bits per heavy atom. The summed E-state index contributed by atoms with van der Waals surface area (Å²) in [5, 5.41) is 4.14. The monoisotopic (exact) mass is 259 g/mol. The van der Waals surface area contributed by atoms with Gasteiger partial charge in [0.15, 0.2) is 0 Å². The van der Waals surface area contributed by atoms with Gasteiger partial charge < -0.3 is 10.1 Å². The van der Waals surface area contributed by atoms with Gasteiger partial charge >= 0.3 is 0 Å². The second kappa shape index (κ2) is 7.96. The Balaban J connectivity index is 2.68. The molecule has 16 heavy (non-hydrogen) atoms. The van der Waals surface area contributed by atoms with Gasteiger partial charge in [-0.3, -0.25) is 0 Å². The summed E-state index contributed by atoms with van der Waals surface area (Å²) in [6, 6.07) is 6.04. The second-order valence-corrected chi connectivity index (χ2v) is 4.88. The molecule has 0 aliphatic carbocycles. The Bertz CT molecular complexity index is 320. The minimum Gasteiger partial charge on any atom is -0.384 e. The fourth-order valence-electron chi connectivity index (χ4n) is 1.33. The summed E-state index contributed by atoms with van der Waals surface area (Å²) < 4.78 is 5.05. The number of hydrogen-bond donors (Lipinski definition) is 1. The minimum atomic E-state index is 0.762. The number of benzene rings is 1. The van der Waals surface area contributed by atoms with Crippen molar-refractivity contribution in [2.75, 3.05) is 26.0 Å². The summed E-state index contributed by atoms with van der Waals surface area (Å²) in [7, 11) is 1.72. The van der Waals surface area contributed by atoms with Crippen LogP contribution in [0.5, 0.6) is 0 Å². The molecule has 0 spiro atoms. The van der Waals surface area contributed by atoms with Gasteiger partial charge in [-0.1, -0.05) is 24.6 Å². The van der Waals surface area contributed by atoms with E-state index in [1.54, 1.807) is 18.9 Å². The van der Waals surface area contributed by atoms with Crippen LogP contribution in [0.25, 0.3) is 0 Å². The van der Waals surface area contributed by atoms with E-state index in [4.69, 9.17) is 16.3 Å². The molecule has 0 unspecified atom stereocenters. The smallest absolute Gasteiger partial charge is 0.0556 e. The van der Waals surface area contributed by atoms with Crippen molar-refractivity contribution in [3.8, 4) is 0 Å². The molecule has 1 aromatic rings. The van der Waals surface area contributed by atoms with Gasteiger partial charge in [-0.2, -0.15) is 0 Å². The molecule has 0 radical (unpaired) electrons. The molecule has 1 N–H and O–H groups in total. The highest BCUT2D eigenvalue weighted by Gasteiger charge is 2.06. The zero-order valence-corrected chi connectivity index (χ0v) is 11.3. The molecule has 0 atom stereocenters. The molecule has 0 aliphatic heterocycles. The second-order valence-electron chi connectivity index (χ2n) is 3.34. The van der Waals surface area contributed by atoms with E-state index in [0.29, 0.717) is 0 Å². The summed E-state index contributed by atoms with van der Waals surface area (Å²) in [6.07, 6.45) is 0. The first kappa shape index (κ1) is 13.8. The van der Waals surface area contributed by atoms with Crippen molar-refractivity contribution in [1.82, 2.24) is 5.32 Å². The summed E-state index contributed by atoms with van der Waals surface area (Å²) in [4.78, 5) is 1.24. The number of hydrogen-bond acceptors (Lipinski definition) is 3. The number of ether oxygens (including phenoxy) is 1. The molecule has 90 valence electrons. The van der Waals surface area contributed by atoms with Crippen LogP contribution in [0.1, 0.15) is 12.5 Å². The topological polar surface area (TPSA) is 21.3 Å². The molecule has 0 fully saturated rings. The quantitative estimate of drug-likeness (QED) is 0.600. The predicted molar refractivity (Wildman–Crippen MR) is 71.4 cm³/mol. The van der Waals surface area contributed by atoms with Crippen molar-refractivity contribution in [3.63, 3.8) is 0 Å². The van der Waals surface area contributed by atoms with Crippen molar-refractivity contribution in [2.45, 2.75) is 18.4 Å². The van der Waals surface area contributed by atoms with Crippen molar-refractivity contribution < 1.29 is 4.74 Å². The number of rotatable bonds is 7. The third kappa shape index (κ3) is 4.34. The van der Waals surface area contributed by atoms with E-state index in [2.05, 4.69) is 18.3 Å². The van der Waals surface area contributed by atoms with Crippen LogP contribution in [0.4, 0.5) is 0 Å². The average Bonchev–Trinajstić information content (AvgIpc) is 2.28. The summed E-state index contributed by atoms with van der Waals surface area (Å²) >= 11 is 7.98. The van der Waals surface area contributed by atoms with Gasteiger partial charge in [0.1, 0.15) is 0 Å². The number of nitrogens with one attached hydrogen (secondary N) is 1. The Hall–Kier alpha value is -0.220. The Kier molecular flexibility index (Phi) is 6.88. The van der Waals surface area contributed by atoms with Crippen LogP contribution in [-0.4, -0.2) is 26.0 Å². The lowest BCUT2D eigenvalue weighted by molar-refractivity contribution is 0.218. The van der Waals surface area contributed by atoms with E-state index in [9.17, 15) is 0 Å². The fourth-order valence-corrected chi connectivity index (χ4v) is 2.63.